The van der Waals surface area contributed by atoms with E-state index in [4.69, 9.17) is 0 Å². The van der Waals surface area contributed by atoms with Gasteiger partial charge in [0.05, 0.1) is 5.56 Å². The molecule has 1 amide bonds. The van der Waals surface area contributed by atoms with Gasteiger partial charge in [-0.3, -0.25) is 4.79 Å². The van der Waals surface area contributed by atoms with Gasteiger partial charge in [-0.1, -0.05) is 12.1 Å². The number of nitrogens with one attached hydrogen (secondary N) is 2. The molecular weight excluding hydrogens is 280 g/mol. The van der Waals surface area contributed by atoms with Gasteiger partial charge in [-0.2, -0.15) is 11.3 Å². The molecule has 0 fully saturated rings. The zero-order valence-electron chi connectivity index (χ0n) is 12.7. The molecule has 3 nitrogen and oxygen atoms in total. The maximum Gasteiger partial charge on any atom is 0.253 e. The standard InChI is InChI=1S/C17H22N2OS/c1-12(2)18-16-7-5-4-6-15(16)17(20)19-13(3)10-14-8-9-21-11-14/h4-9,11-13,18H,10H2,1-3H3,(H,19,20). The van der Waals surface area contributed by atoms with Gasteiger partial charge in [-0.15, -0.1) is 0 Å². The van der Waals surface area contributed by atoms with E-state index in [2.05, 4.69) is 41.3 Å². The van der Waals surface area contributed by atoms with Crippen LogP contribution in [0.5, 0.6) is 0 Å². The molecule has 0 aliphatic carbocycles. The number of para-hydroxylation sites is 1. The molecule has 4 heteroatoms. The molecule has 1 atom stereocenters. The molecule has 0 radical (unpaired) electrons. The second-order valence-corrected chi connectivity index (χ2v) is 6.33. The molecule has 1 aromatic heterocycles. The summed E-state index contributed by atoms with van der Waals surface area (Å²) in [6.45, 7) is 6.16. The molecule has 0 spiro atoms. The van der Waals surface area contributed by atoms with Crippen molar-refractivity contribution >= 4 is 22.9 Å². The van der Waals surface area contributed by atoms with Crippen LogP contribution in [0.1, 0.15) is 36.7 Å². The Kier molecular flexibility index (Phi) is 5.39. The first-order valence-electron chi connectivity index (χ1n) is 7.23. The maximum absolute atomic E-state index is 12.4. The third-order valence-corrected chi connectivity index (χ3v) is 3.85. The molecule has 0 aliphatic rings. The number of rotatable bonds is 6. The lowest BCUT2D eigenvalue weighted by Gasteiger charge is -2.17. The van der Waals surface area contributed by atoms with Crippen molar-refractivity contribution in [2.75, 3.05) is 5.32 Å². The molecular formula is C17H22N2OS. The predicted molar refractivity (Wildman–Crippen MR) is 90.2 cm³/mol. The fourth-order valence-electron chi connectivity index (χ4n) is 2.23. The van der Waals surface area contributed by atoms with Gasteiger partial charge < -0.3 is 10.6 Å². The van der Waals surface area contributed by atoms with Crippen LogP contribution in [0.15, 0.2) is 41.1 Å². The minimum Gasteiger partial charge on any atom is -0.382 e. The van der Waals surface area contributed by atoms with Crippen LogP contribution in [-0.2, 0) is 6.42 Å². The smallest absolute Gasteiger partial charge is 0.253 e. The molecule has 0 bridgehead atoms. The van der Waals surface area contributed by atoms with E-state index in [-0.39, 0.29) is 11.9 Å². The Bertz CT molecular complexity index is 578. The first-order chi connectivity index (χ1) is 10.1. The summed E-state index contributed by atoms with van der Waals surface area (Å²) in [4.78, 5) is 12.4. The highest BCUT2D eigenvalue weighted by Gasteiger charge is 2.14. The summed E-state index contributed by atoms with van der Waals surface area (Å²) in [5.41, 5.74) is 2.84. The topological polar surface area (TPSA) is 41.1 Å². The van der Waals surface area contributed by atoms with Crippen LogP contribution in [0.25, 0.3) is 0 Å². The normalized spacial score (nSPS) is 12.2. The van der Waals surface area contributed by atoms with E-state index >= 15 is 0 Å². The summed E-state index contributed by atoms with van der Waals surface area (Å²) in [5, 5.41) is 10.6. The second kappa shape index (κ2) is 7.27. The van der Waals surface area contributed by atoms with Gasteiger partial charge >= 0.3 is 0 Å². The Hall–Kier alpha value is -1.81. The largest absolute Gasteiger partial charge is 0.382 e. The minimum atomic E-state index is -0.0264. The zero-order chi connectivity index (χ0) is 15.2. The number of hydrogen-bond acceptors (Lipinski definition) is 3. The highest BCUT2D eigenvalue weighted by molar-refractivity contribution is 7.07. The Labute approximate surface area is 130 Å². The third-order valence-electron chi connectivity index (χ3n) is 3.12. The fourth-order valence-corrected chi connectivity index (χ4v) is 2.91. The van der Waals surface area contributed by atoms with Crippen molar-refractivity contribution in [1.29, 1.82) is 0 Å². The summed E-state index contributed by atoms with van der Waals surface area (Å²) in [5.74, 6) is -0.0264. The van der Waals surface area contributed by atoms with Crippen LogP contribution < -0.4 is 10.6 Å². The quantitative estimate of drug-likeness (QED) is 0.849. The van der Waals surface area contributed by atoms with E-state index in [1.807, 2.05) is 31.2 Å². The number of hydrogen-bond donors (Lipinski definition) is 2. The van der Waals surface area contributed by atoms with Gasteiger partial charge in [0.2, 0.25) is 0 Å². The lowest BCUT2D eigenvalue weighted by molar-refractivity contribution is 0.0941. The Balaban J connectivity index is 2.02. The SMILES string of the molecule is CC(C)Nc1ccccc1C(=O)NC(C)Cc1ccsc1. The monoisotopic (exact) mass is 302 g/mol. The lowest BCUT2D eigenvalue weighted by atomic mass is 10.1. The molecule has 1 unspecified atom stereocenters. The van der Waals surface area contributed by atoms with Crippen molar-refractivity contribution in [3.8, 4) is 0 Å². The van der Waals surface area contributed by atoms with Crippen molar-refractivity contribution in [2.45, 2.75) is 39.3 Å². The van der Waals surface area contributed by atoms with Crippen LogP contribution in [-0.4, -0.2) is 18.0 Å². The highest BCUT2D eigenvalue weighted by Crippen LogP contribution is 2.16. The molecule has 21 heavy (non-hydrogen) atoms. The van der Waals surface area contributed by atoms with Gasteiger partial charge in [0.1, 0.15) is 0 Å². The van der Waals surface area contributed by atoms with E-state index in [1.54, 1.807) is 11.3 Å². The number of amides is 1. The summed E-state index contributed by atoms with van der Waals surface area (Å²) in [6, 6.07) is 10.1. The van der Waals surface area contributed by atoms with E-state index in [0.717, 1.165) is 12.1 Å². The summed E-state index contributed by atoms with van der Waals surface area (Å²) in [7, 11) is 0. The average Bonchev–Trinajstić information content (AvgIpc) is 2.91. The van der Waals surface area contributed by atoms with E-state index < -0.39 is 0 Å². The van der Waals surface area contributed by atoms with Crippen molar-refractivity contribution in [2.24, 2.45) is 0 Å². The van der Waals surface area contributed by atoms with E-state index in [1.165, 1.54) is 5.56 Å². The fraction of sp³-hybridized carbons (Fsp3) is 0.353. The van der Waals surface area contributed by atoms with Gasteiger partial charge in [0.25, 0.3) is 5.91 Å². The summed E-state index contributed by atoms with van der Waals surface area (Å²) in [6.07, 6.45) is 0.856. The Morgan fingerprint density at radius 2 is 1.95 bits per heavy atom. The van der Waals surface area contributed by atoms with Gasteiger partial charge in [-0.25, -0.2) is 0 Å². The maximum atomic E-state index is 12.4. The second-order valence-electron chi connectivity index (χ2n) is 5.55. The number of anilines is 1. The summed E-state index contributed by atoms with van der Waals surface area (Å²) >= 11 is 1.68. The molecule has 112 valence electrons. The van der Waals surface area contributed by atoms with Crippen LogP contribution >= 0.6 is 11.3 Å². The van der Waals surface area contributed by atoms with Crippen molar-refractivity contribution in [3.05, 3.63) is 52.2 Å². The molecule has 0 aliphatic heterocycles. The van der Waals surface area contributed by atoms with Gasteiger partial charge in [0, 0.05) is 17.8 Å². The van der Waals surface area contributed by atoms with E-state index in [0.29, 0.717) is 11.6 Å². The van der Waals surface area contributed by atoms with Crippen LogP contribution in [0.4, 0.5) is 5.69 Å². The molecule has 2 rings (SSSR count). The summed E-state index contributed by atoms with van der Waals surface area (Å²) < 4.78 is 0. The molecule has 1 aromatic carbocycles. The number of carbonyl (C=O) groups excluding carboxylic acids is 1. The molecule has 2 aromatic rings. The van der Waals surface area contributed by atoms with Gasteiger partial charge in [-0.05, 0) is 61.7 Å². The zero-order valence-corrected chi connectivity index (χ0v) is 13.5. The van der Waals surface area contributed by atoms with Crippen molar-refractivity contribution in [3.63, 3.8) is 0 Å². The van der Waals surface area contributed by atoms with Gasteiger partial charge in [0.15, 0.2) is 0 Å². The minimum absolute atomic E-state index is 0.0264. The van der Waals surface area contributed by atoms with Crippen LogP contribution in [0, 0.1) is 0 Å². The Morgan fingerprint density at radius 3 is 2.62 bits per heavy atom. The molecule has 1 heterocycles. The van der Waals surface area contributed by atoms with Crippen LogP contribution in [0.3, 0.4) is 0 Å². The first-order valence-corrected chi connectivity index (χ1v) is 8.18. The third kappa shape index (κ3) is 4.60. The lowest BCUT2D eigenvalue weighted by Crippen LogP contribution is -2.34. The van der Waals surface area contributed by atoms with E-state index in [9.17, 15) is 4.79 Å². The number of carbonyl (C=O) groups is 1. The predicted octanol–water partition coefficient (Wildman–Crippen LogP) is 3.93. The molecule has 0 saturated heterocycles. The highest BCUT2D eigenvalue weighted by atomic mass is 32.1. The van der Waals surface area contributed by atoms with Crippen molar-refractivity contribution in [1.82, 2.24) is 5.32 Å². The van der Waals surface area contributed by atoms with Crippen LogP contribution in [0.2, 0.25) is 0 Å². The molecule has 2 N–H and O–H groups in total. The first kappa shape index (κ1) is 15.6. The van der Waals surface area contributed by atoms with Crippen molar-refractivity contribution < 1.29 is 4.79 Å². The average molecular weight is 302 g/mol. The number of thiophene rings is 1. The number of benzene rings is 1. The Morgan fingerprint density at radius 1 is 1.19 bits per heavy atom. The molecule has 0 saturated carbocycles.